The van der Waals surface area contributed by atoms with Gasteiger partial charge in [-0.2, -0.15) is 0 Å². The van der Waals surface area contributed by atoms with Gasteiger partial charge in [-0.3, -0.25) is 0 Å². The number of rotatable bonds is 4. The van der Waals surface area contributed by atoms with E-state index in [9.17, 15) is 0 Å². The Morgan fingerprint density at radius 3 is 3.00 bits per heavy atom. The van der Waals surface area contributed by atoms with Crippen LogP contribution >= 0.6 is 0 Å². The minimum Gasteiger partial charge on any atom is -0.396 e. The predicted molar refractivity (Wildman–Crippen MR) is 45.8 cm³/mol. The molecule has 0 aromatic rings. The summed E-state index contributed by atoms with van der Waals surface area (Å²) in [5.74, 6) is 0. The lowest BCUT2D eigenvalue weighted by Crippen LogP contribution is -2.26. The van der Waals surface area contributed by atoms with Crippen LogP contribution in [0.4, 0.5) is 0 Å². The van der Waals surface area contributed by atoms with Gasteiger partial charge in [0.2, 0.25) is 0 Å². The molecule has 12 heavy (non-hydrogen) atoms. The van der Waals surface area contributed by atoms with Gasteiger partial charge in [0.05, 0.1) is 6.10 Å². The molecule has 1 rings (SSSR count). The van der Waals surface area contributed by atoms with Crippen LogP contribution in [-0.4, -0.2) is 30.7 Å². The Labute approximate surface area is 73.7 Å². The van der Waals surface area contributed by atoms with Crippen molar-refractivity contribution >= 4 is 0 Å². The lowest BCUT2D eigenvalue weighted by atomic mass is 10.2. The average Bonchev–Trinajstić information content (AvgIpc) is 2.06. The van der Waals surface area contributed by atoms with Crippen LogP contribution in [0.25, 0.3) is 0 Å². The molecule has 0 bridgehead atoms. The summed E-state index contributed by atoms with van der Waals surface area (Å²) in [6.07, 6.45) is 4.11. The van der Waals surface area contributed by atoms with Gasteiger partial charge in [-0.25, -0.2) is 0 Å². The normalized spacial score (nSPS) is 27.0. The fourth-order valence-corrected chi connectivity index (χ4v) is 1.33. The smallest absolute Gasteiger partial charge is 0.157 e. The van der Waals surface area contributed by atoms with Gasteiger partial charge in [-0.05, 0) is 32.6 Å². The van der Waals surface area contributed by atoms with E-state index in [1.54, 1.807) is 0 Å². The molecular weight excluding hydrogens is 156 g/mol. The first kappa shape index (κ1) is 9.96. The van der Waals surface area contributed by atoms with Gasteiger partial charge in [0, 0.05) is 13.2 Å². The highest BCUT2D eigenvalue weighted by Gasteiger charge is 2.16. The van der Waals surface area contributed by atoms with Gasteiger partial charge >= 0.3 is 0 Å². The maximum atomic E-state index is 8.65. The van der Waals surface area contributed by atoms with E-state index in [0.717, 1.165) is 19.4 Å². The largest absolute Gasteiger partial charge is 0.396 e. The molecule has 0 aromatic heterocycles. The Bertz CT molecular complexity index is 110. The highest BCUT2D eigenvalue weighted by molar-refractivity contribution is 4.57. The molecule has 0 aromatic carbocycles. The van der Waals surface area contributed by atoms with E-state index in [4.69, 9.17) is 14.6 Å². The van der Waals surface area contributed by atoms with Crippen LogP contribution in [0.15, 0.2) is 0 Å². The third kappa shape index (κ3) is 3.52. The zero-order chi connectivity index (χ0) is 8.81. The van der Waals surface area contributed by atoms with Gasteiger partial charge in [-0.15, -0.1) is 0 Å². The molecule has 0 spiro atoms. The van der Waals surface area contributed by atoms with Crippen LogP contribution in [0.3, 0.4) is 0 Å². The van der Waals surface area contributed by atoms with E-state index in [1.165, 1.54) is 6.42 Å². The Morgan fingerprint density at radius 2 is 2.42 bits per heavy atom. The van der Waals surface area contributed by atoms with Gasteiger partial charge in [0.15, 0.2) is 6.29 Å². The summed E-state index contributed by atoms with van der Waals surface area (Å²) in [6, 6.07) is 0. The van der Waals surface area contributed by atoms with E-state index in [2.05, 4.69) is 0 Å². The molecule has 1 heterocycles. The maximum absolute atomic E-state index is 8.65. The second-order valence-corrected chi connectivity index (χ2v) is 3.26. The fraction of sp³-hybridized carbons (Fsp3) is 1.00. The summed E-state index contributed by atoms with van der Waals surface area (Å²) in [4.78, 5) is 0. The van der Waals surface area contributed by atoms with Gasteiger partial charge < -0.3 is 14.6 Å². The fourth-order valence-electron chi connectivity index (χ4n) is 1.33. The molecule has 0 radical (unpaired) electrons. The van der Waals surface area contributed by atoms with Gasteiger partial charge in [0.25, 0.3) is 0 Å². The molecule has 0 saturated carbocycles. The predicted octanol–water partition coefficient (Wildman–Crippen LogP) is 1.30. The Hall–Kier alpha value is -0.120. The van der Waals surface area contributed by atoms with E-state index in [1.807, 2.05) is 6.92 Å². The third-order valence-electron chi connectivity index (χ3n) is 2.06. The summed E-state index contributed by atoms with van der Waals surface area (Å²) < 4.78 is 10.9. The van der Waals surface area contributed by atoms with E-state index in [-0.39, 0.29) is 19.0 Å². The first-order valence-electron chi connectivity index (χ1n) is 4.71. The van der Waals surface area contributed by atoms with Crippen molar-refractivity contribution in [2.75, 3.05) is 13.2 Å². The van der Waals surface area contributed by atoms with Crippen LogP contribution in [-0.2, 0) is 9.47 Å². The summed E-state index contributed by atoms with van der Waals surface area (Å²) in [5.41, 5.74) is 0. The molecule has 1 saturated heterocycles. The summed E-state index contributed by atoms with van der Waals surface area (Å²) in [6.45, 7) is 2.97. The molecule has 2 atom stereocenters. The molecule has 3 nitrogen and oxygen atoms in total. The van der Waals surface area contributed by atoms with Crippen LogP contribution in [0.1, 0.15) is 32.6 Å². The molecule has 3 heteroatoms. The summed E-state index contributed by atoms with van der Waals surface area (Å²) >= 11 is 0. The number of aliphatic hydroxyl groups excluding tert-OH is 1. The molecule has 72 valence electrons. The molecule has 1 aliphatic rings. The first-order valence-corrected chi connectivity index (χ1v) is 4.71. The van der Waals surface area contributed by atoms with Crippen LogP contribution in [0.2, 0.25) is 0 Å². The Balaban J connectivity index is 2.11. The van der Waals surface area contributed by atoms with E-state index < -0.39 is 0 Å². The van der Waals surface area contributed by atoms with Gasteiger partial charge in [0.1, 0.15) is 0 Å². The summed E-state index contributed by atoms with van der Waals surface area (Å²) in [7, 11) is 0. The van der Waals surface area contributed by atoms with Crippen molar-refractivity contribution in [1.29, 1.82) is 0 Å². The highest BCUT2D eigenvalue weighted by atomic mass is 16.7. The molecule has 1 fully saturated rings. The van der Waals surface area contributed by atoms with Gasteiger partial charge in [-0.1, -0.05) is 0 Å². The molecule has 0 aliphatic carbocycles. The van der Waals surface area contributed by atoms with Crippen molar-refractivity contribution in [1.82, 2.24) is 0 Å². The van der Waals surface area contributed by atoms with Crippen molar-refractivity contribution in [2.45, 2.75) is 45.0 Å². The lowest BCUT2D eigenvalue weighted by molar-refractivity contribution is -0.186. The molecule has 1 unspecified atom stereocenters. The average molecular weight is 174 g/mol. The lowest BCUT2D eigenvalue weighted by Gasteiger charge is -2.25. The van der Waals surface area contributed by atoms with Crippen molar-refractivity contribution in [3.63, 3.8) is 0 Å². The quantitative estimate of drug-likeness (QED) is 0.698. The monoisotopic (exact) mass is 174 g/mol. The topological polar surface area (TPSA) is 38.7 Å². The van der Waals surface area contributed by atoms with Crippen molar-refractivity contribution in [3.05, 3.63) is 0 Å². The van der Waals surface area contributed by atoms with Crippen molar-refractivity contribution in [3.8, 4) is 0 Å². The van der Waals surface area contributed by atoms with Crippen LogP contribution in [0.5, 0.6) is 0 Å². The second-order valence-electron chi connectivity index (χ2n) is 3.26. The number of hydrogen-bond acceptors (Lipinski definition) is 3. The molecule has 1 aliphatic heterocycles. The molecule has 1 N–H and O–H groups in total. The molecule has 0 amide bonds. The Kier molecular flexibility index (Phi) is 4.58. The minimum atomic E-state index is -0.0275. The number of aliphatic hydroxyl groups is 1. The second kappa shape index (κ2) is 5.51. The SMILES string of the molecule is C[C@@H](CCO)OC1CCCCO1. The number of ether oxygens (including phenoxy) is 2. The number of hydrogen-bond donors (Lipinski definition) is 1. The van der Waals surface area contributed by atoms with E-state index >= 15 is 0 Å². The minimum absolute atomic E-state index is 0.0275. The molecular formula is C9H18O3. The van der Waals surface area contributed by atoms with Crippen molar-refractivity contribution in [2.24, 2.45) is 0 Å². The maximum Gasteiger partial charge on any atom is 0.157 e. The van der Waals surface area contributed by atoms with E-state index in [0.29, 0.717) is 6.42 Å². The highest BCUT2D eigenvalue weighted by Crippen LogP contribution is 2.15. The Morgan fingerprint density at radius 1 is 1.58 bits per heavy atom. The third-order valence-corrected chi connectivity index (χ3v) is 2.06. The first-order chi connectivity index (χ1) is 5.83. The summed E-state index contributed by atoms with van der Waals surface area (Å²) in [5, 5.41) is 8.65. The zero-order valence-electron chi connectivity index (χ0n) is 7.66. The zero-order valence-corrected chi connectivity index (χ0v) is 7.66. The van der Waals surface area contributed by atoms with Crippen LogP contribution < -0.4 is 0 Å². The van der Waals surface area contributed by atoms with Crippen LogP contribution in [0, 0.1) is 0 Å². The standard InChI is InChI=1S/C9H18O3/c1-8(5-6-10)12-9-4-2-3-7-11-9/h8-10H,2-7H2,1H3/t8-,9?/m0/s1. The van der Waals surface area contributed by atoms with Crippen molar-refractivity contribution < 1.29 is 14.6 Å².